The van der Waals surface area contributed by atoms with Gasteiger partial charge in [-0.25, -0.2) is 4.39 Å². The quantitative estimate of drug-likeness (QED) is 0.725. The van der Waals surface area contributed by atoms with Crippen LogP contribution in [0.25, 0.3) is 11.5 Å². The minimum absolute atomic E-state index is 0.00868. The lowest BCUT2D eigenvalue weighted by Gasteiger charge is -2.35. The van der Waals surface area contributed by atoms with Crippen LogP contribution >= 0.6 is 0 Å². The summed E-state index contributed by atoms with van der Waals surface area (Å²) >= 11 is 0. The molecule has 0 radical (unpaired) electrons. The Morgan fingerprint density at radius 2 is 1.62 bits per heavy atom. The molecule has 1 aliphatic heterocycles. The van der Waals surface area contributed by atoms with Crippen molar-refractivity contribution < 1.29 is 13.6 Å². The summed E-state index contributed by atoms with van der Waals surface area (Å²) in [5.41, 5.74) is 1.33. The normalized spacial score (nSPS) is 14.5. The van der Waals surface area contributed by atoms with Crippen LogP contribution in [0.5, 0.6) is 0 Å². The van der Waals surface area contributed by atoms with Crippen molar-refractivity contribution in [2.75, 3.05) is 31.1 Å². The Labute approximate surface area is 149 Å². The first-order chi connectivity index (χ1) is 12.7. The lowest BCUT2D eigenvalue weighted by molar-refractivity contribution is 0.0707. The van der Waals surface area contributed by atoms with Gasteiger partial charge in [0.15, 0.2) is 0 Å². The molecule has 0 aliphatic carbocycles. The zero-order valence-corrected chi connectivity index (χ0v) is 14.0. The van der Waals surface area contributed by atoms with Gasteiger partial charge < -0.3 is 14.2 Å². The van der Waals surface area contributed by atoms with Crippen molar-refractivity contribution in [3.05, 3.63) is 66.3 Å². The number of carbonyl (C=O) groups excluding carboxylic acids is 1. The second-order valence-electron chi connectivity index (χ2n) is 6.01. The Bertz CT molecular complexity index is 905. The van der Waals surface area contributed by atoms with Crippen molar-refractivity contribution >= 4 is 11.6 Å². The van der Waals surface area contributed by atoms with Gasteiger partial charge in [0, 0.05) is 31.9 Å². The molecule has 0 bridgehead atoms. The topological polar surface area (TPSA) is 62.5 Å². The van der Waals surface area contributed by atoms with Crippen LogP contribution in [0.4, 0.5) is 10.1 Å². The molecule has 1 amide bonds. The predicted molar refractivity (Wildman–Crippen MR) is 94.3 cm³/mol. The van der Waals surface area contributed by atoms with Gasteiger partial charge in [-0.1, -0.05) is 30.3 Å². The number of para-hydroxylation sites is 1. The summed E-state index contributed by atoms with van der Waals surface area (Å²) in [5.74, 6) is -0.898. The van der Waals surface area contributed by atoms with Gasteiger partial charge in [0.2, 0.25) is 0 Å². The standard InChI is InChI=1S/C19H17FN4O2/c20-16-9-5-4-8-15(16)17-21-22-18(26-17)19(25)24-12-10-23(11-13-24)14-6-2-1-3-7-14/h1-9H,10-13H2. The van der Waals surface area contributed by atoms with Gasteiger partial charge >= 0.3 is 11.8 Å². The van der Waals surface area contributed by atoms with E-state index in [1.54, 1.807) is 17.0 Å². The first-order valence-electron chi connectivity index (χ1n) is 8.40. The number of anilines is 1. The summed E-state index contributed by atoms with van der Waals surface area (Å²) in [7, 11) is 0. The summed E-state index contributed by atoms with van der Waals surface area (Å²) in [5, 5.41) is 7.61. The smallest absolute Gasteiger partial charge is 0.311 e. The molecule has 1 aromatic heterocycles. The third kappa shape index (κ3) is 3.15. The number of aromatic nitrogens is 2. The molecule has 0 N–H and O–H groups in total. The highest BCUT2D eigenvalue weighted by Gasteiger charge is 2.26. The van der Waals surface area contributed by atoms with Gasteiger partial charge in [-0.15, -0.1) is 10.2 Å². The van der Waals surface area contributed by atoms with E-state index >= 15 is 0 Å². The molecule has 0 spiro atoms. The molecule has 1 fully saturated rings. The maximum absolute atomic E-state index is 13.8. The highest BCUT2D eigenvalue weighted by Crippen LogP contribution is 2.22. The third-order valence-electron chi connectivity index (χ3n) is 4.40. The third-order valence-corrected chi connectivity index (χ3v) is 4.40. The van der Waals surface area contributed by atoms with Crippen LogP contribution < -0.4 is 4.90 Å². The van der Waals surface area contributed by atoms with E-state index in [-0.39, 0.29) is 23.3 Å². The molecule has 0 saturated carbocycles. The fraction of sp³-hybridized carbons (Fsp3) is 0.211. The molecule has 26 heavy (non-hydrogen) atoms. The largest absolute Gasteiger partial charge is 0.412 e. The van der Waals surface area contributed by atoms with Crippen LogP contribution in [0, 0.1) is 5.82 Å². The molecule has 4 rings (SSSR count). The Hall–Kier alpha value is -3.22. The number of rotatable bonds is 3. The molecular formula is C19H17FN4O2. The molecule has 6 nitrogen and oxygen atoms in total. The molecule has 132 valence electrons. The van der Waals surface area contributed by atoms with Crippen LogP contribution in [0.15, 0.2) is 59.0 Å². The Balaban J connectivity index is 1.44. The molecule has 1 aliphatic rings. The van der Waals surface area contributed by atoms with Crippen LogP contribution in [0.2, 0.25) is 0 Å². The molecule has 2 aromatic carbocycles. The molecular weight excluding hydrogens is 335 g/mol. The highest BCUT2D eigenvalue weighted by molar-refractivity contribution is 5.90. The maximum Gasteiger partial charge on any atom is 0.311 e. The zero-order chi connectivity index (χ0) is 17.9. The summed E-state index contributed by atoms with van der Waals surface area (Å²) in [6.45, 7) is 2.57. The van der Waals surface area contributed by atoms with Crippen molar-refractivity contribution in [2.24, 2.45) is 0 Å². The van der Waals surface area contributed by atoms with Crippen LogP contribution in [-0.2, 0) is 0 Å². The Kier molecular flexibility index (Phi) is 4.35. The minimum atomic E-state index is -0.466. The monoisotopic (exact) mass is 352 g/mol. The zero-order valence-electron chi connectivity index (χ0n) is 14.0. The first-order valence-corrected chi connectivity index (χ1v) is 8.40. The van der Waals surface area contributed by atoms with E-state index in [1.165, 1.54) is 12.1 Å². The number of carbonyl (C=O) groups is 1. The second-order valence-corrected chi connectivity index (χ2v) is 6.01. The number of hydrogen-bond acceptors (Lipinski definition) is 5. The van der Waals surface area contributed by atoms with E-state index in [2.05, 4.69) is 27.2 Å². The summed E-state index contributed by atoms with van der Waals surface area (Å²) in [6, 6.07) is 16.2. The highest BCUT2D eigenvalue weighted by atomic mass is 19.1. The lowest BCUT2D eigenvalue weighted by Crippen LogP contribution is -2.48. The number of amides is 1. The molecule has 2 heterocycles. The molecule has 7 heteroatoms. The minimum Gasteiger partial charge on any atom is -0.412 e. The molecule has 0 unspecified atom stereocenters. The SMILES string of the molecule is O=C(c1nnc(-c2ccccc2F)o1)N1CCN(c2ccccc2)CC1. The van der Waals surface area contributed by atoms with Crippen molar-refractivity contribution in [3.8, 4) is 11.5 Å². The van der Waals surface area contributed by atoms with E-state index in [4.69, 9.17) is 4.42 Å². The first kappa shape index (κ1) is 16.3. The summed E-state index contributed by atoms with van der Waals surface area (Å²) in [4.78, 5) is 16.5. The molecule has 3 aromatic rings. The fourth-order valence-corrected chi connectivity index (χ4v) is 2.99. The number of benzene rings is 2. The van der Waals surface area contributed by atoms with Crippen LogP contribution in [0.3, 0.4) is 0 Å². The Morgan fingerprint density at radius 3 is 2.35 bits per heavy atom. The average Bonchev–Trinajstić information content (AvgIpc) is 3.18. The van der Waals surface area contributed by atoms with Crippen molar-refractivity contribution in [3.63, 3.8) is 0 Å². The maximum atomic E-state index is 13.8. The van der Waals surface area contributed by atoms with Gasteiger partial charge in [-0.05, 0) is 24.3 Å². The summed E-state index contributed by atoms with van der Waals surface area (Å²) in [6.07, 6.45) is 0. The van der Waals surface area contributed by atoms with Gasteiger partial charge in [0.05, 0.1) is 5.56 Å². The number of halogens is 1. The van der Waals surface area contributed by atoms with E-state index in [9.17, 15) is 9.18 Å². The van der Waals surface area contributed by atoms with Crippen molar-refractivity contribution in [1.82, 2.24) is 15.1 Å². The lowest BCUT2D eigenvalue weighted by atomic mass is 10.2. The van der Waals surface area contributed by atoms with Gasteiger partial charge in [-0.2, -0.15) is 0 Å². The van der Waals surface area contributed by atoms with Gasteiger partial charge in [-0.3, -0.25) is 4.79 Å². The average molecular weight is 352 g/mol. The van der Waals surface area contributed by atoms with E-state index < -0.39 is 5.82 Å². The van der Waals surface area contributed by atoms with E-state index in [1.807, 2.05) is 18.2 Å². The van der Waals surface area contributed by atoms with Crippen molar-refractivity contribution in [2.45, 2.75) is 0 Å². The van der Waals surface area contributed by atoms with E-state index in [0.717, 1.165) is 18.8 Å². The molecule has 0 atom stereocenters. The Morgan fingerprint density at radius 1 is 0.923 bits per heavy atom. The van der Waals surface area contributed by atoms with Gasteiger partial charge in [0.25, 0.3) is 5.89 Å². The second kappa shape index (κ2) is 6.95. The fourth-order valence-electron chi connectivity index (χ4n) is 2.99. The van der Waals surface area contributed by atoms with E-state index in [0.29, 0.717) is 13.1 Å². The predicted octanol–water partition coefficient (Wildman–Crippen LogP) is 2.84. The van der Waals surface area contributed by atoms with Gasteiger partial charge in [0.1, 0.15) is 5.82 Å². The van der Waals surface area contributed by atoms with Crippen molar-refractivity contribution in [1.29, 1.82) is 0 Å². The number of hydrogen-bond donors (Lipinski definition) is 0. The molecule has 1 saturated heterocycles. The van der Waals surface area contributed by atoms with Crippen LogP contribution in [0.1, 0.15) is 10.7 Å². The van der Waals surface area contributed by atoms with Crippen LogP contribution in [-0.4, -0.2) is 47.2 Å². The number of piperazine rings is 1. The summed E-state index contributed by atoms with van der Waals surface area (Å²) < 4.78 is 19.2. The number of nitrogens with zero attached hydrogens (tertiary/aromatic N) is 4.